The van der Waals surface area contributed by atoms with Gasteiger partial charge in [-0.05, 0) is 24.4 Å². The van der Waals surface area contributed by atoms with E-state index >= 15 is 0 Å². The van der Waals surface area contributed by atoms with E-state index in [2.05, 4.69) is 31.3 Å². The zero-order valence-corrected chi connectivity index (χ0v) is 10.3. The van der Waals surface area contributed by atoms with E-state index in [1.165, 1.54) is 12.0 Å². The Morgan fingerprint density at radius 3 is 2.50 bits per heavy atom. The second-order valence-corrected chi connectivity index (χ2v) is 4.49. The molecule has 0 saturated heterocycles. The Kier molecular flexibility index (Phi) is 6.12. The van der Waals surface area contributed by atoms with Crippen molar-refractivity contribution in [2.45, 2.75) is 32.7 Å². The number of aliphatic hydroxyl groups is 1. The minimum atomic E-state index is 0.177. The number of hydrogen-bond donors (Lipinski definition) is 2. The van der Waals surface area contributed by atoms with E-state index in [1.807, 2.05) is 18.2 Å². The van der Waals surface area contributed by atoms with E-state index in [0.29, 0.717) is 5.92 Å². The molecule has 2 heteroatoms. The number of nitrogens with one attached hydrogen (secondary N) is 1. The number of hydrogen-bond acceptors (Lipinski definition) is 2. The van der Waals surface area contributed by atoms with E-state index in [0.717, 1.165) is 13.0 Å². The molecule has 0 spiro atoms. The number of aliphatic hydroxyl groups excluding tert-OH is 1. The molecule has 2 nitrogen and oxygen atoms in total. The standard InChI is InChI=1S/C14H23NO/c1-3-12(2)10-15-14(11-16)9-13-7-5-4-6-8-13/h4-8,12,14-16H,3,9-11H2,1-2H3. The molecule has 0 bridgehead atoms. The monoisotopic (exact) mass is 221 g/mol. The van der Waals surface area contributed by atoms with Crippen molar-refractivity contribution in [2.24, 2.45) is 5.92 Å². The minimum absolute atomic E-state index is 0.177. The Hall–Kier alpha value is -0.860. The Labute approximate surface area is 98.7 Å². The van der Waals surface area contributed by atoms with Gasteiger partial charge in [0.2, 0.25) is 0 Å². The minimum Gasteiger partial charge on any atom is -0.395 e. The van der Waals surface area contributed by atoms with Gasteiger partial charge in [0.15, 0.2) is 0 Å². The first-order valence-corrected chi connectivity index (χ1v) is 6.14. The molecule has 1 rings (SSSR count). The molecular weight excluding hydrogens is 198 g/mol. The number of benzene rings is 1. The van der Waals surface area contributed by atoms with Crippen LogP contribution in [0.1, 0.15) is 25.8 Å². The fourth-order valence-corrected chi connectivity index (χ4v) is 1.61. The van der Waals surface area contributed by atoms with Crippen molar-refractivity contribution in [1.29, 1.82) is 0 Å². The molecule has 2 N–H and O–H groups in total. The highest BCUT2D eigenvalue weighted by molar-refractivity contribution is 5.15. The van der Waals surface area contributed by atoms with Gasteiger partial charge < -0.3 is 10.4 Å². The Balaban J connectivity index is 2.37. The molecule has 0 fully saturated rings. The first-order chi connectivity index (χ1) is 7.76. The third-order valence-corrected chi connectivity index (χ3v) is 3.00. The van der Waals surface area contributed by atoms with Crippen molar-refractivity contribution in [3.8, 4) is 0 Å². The fourth-order valence-electron chi connectivity index (χ4n) is 1.61. The molecule has 0 aliphatic heterocycles. The lowest BCUT2D eigenvalue weighted by atomic mass is 10.0. The van der Waals surface area contributed by atoms with Crippen LogP contribution in [0, 0.1) is 5.92 Å². The summed E-state index contributed by atoms with van der Waals surface area (Å²) in [5.41, 5.74) is 1.28. The molecule has 0 saturated carbocycles. The molecule has 1 aromatic rings. The molecule has 0 heterocycles. The summed E-state index contributed by atoms with van der Waals surface area (Å²) in [5.74, 6) is 0.671. The largest absolute Gasteiger partial charge is 0.395 e. The van der Waals surface area contributed by atoms with E-state index < -0.39 is 0 Å². The average molecular weight is 221 g/mol. The first kappa shape index (κ1) is 13.2. The summed E-state index contributed by atoms with van der Waals surface area (Å²) in [6.45, 7) is 5.60. The van der Waals surface area contributed by atoms with Crippen molar-refractivity contribution < 1.29 is 5.11 Å². The lowest BCUT2D eigenvalue weighted by Crippen LogP contribution is -2.37. The topological polar surface area (TPSA) is 32.3 Å². The molecular formula is C14H23NO. The average Bonchev–Trinajstić information content (AvgIpc) is 2.35. The summed E-state index contributed by atoms with van der Waals surface area (Å²) < 4.78 is 0. The summed E-state index contributed by atoms with van der Waals surface area (Å²) in [6, 6.07) is 10.5. The summed E-state index contributed by atoms with van der Waals surface area (Å²) in [6.07, 6.45) is 2.07. The molecule has 0 aromatic heterocycles. The molecule has 2 atom stereocenters. The van der Waals surface area contributed by atoms with Crippen molar-refractivity contribution in [2.75, 3.05) is 13.2 Å². The van der Waals surface area contributed by atoms with E-state index in [-0.39, 0.29) is 12.6 Å². The predicted octanol–water partition coefficient (Wildman–Crippen LogP) is 2.23. The maximum atomic E-state index is 9.31. The van der Waals surface area contributed by atoms with Crippen LogP contribution in [-0.4, -0.2) is 24.3 Å². The zero-order valence-electron chi connectivity index (χ0n) is 10.3. The molecule has 1 aromatic carbocycles. The lowest BCUT2D eigenvalue weighted by molar-refractivity contribution is 0.236. The molecule has 0 amide bonds. The quantitative estimate of drug-likeness (QED) is 0.740. The second kappa shape index (κ2) is 7.42. The van der Waals surface area contributed by atoms with Gasteiger partial charge in [0.25, 0.3) is 0 Å². The molecule has 16 heavy (non-hydrogen) atoms. The van der Waals surface area contributed by atoms with Crippen LogP contribution in [0.2, 0.25) is 0 Å². The van der Waals surface area contributed by atoms with E-state index in [1.54, 1.807) is 0 Å². The summed E-state index contributed by atoms with van der Waals surface area (Å²) in [5, 5.41) is 12.7. The molecule has 0 aliphatic rings. The zero-order chi connectivity index (χ0) is 11.8. The van der Waals surface area contributed by atoms with Gasteiger partial charge in [-0.25, -0.2) is 0 Å². The third-order valence-electron chi connectivity index (χ3n) is 3.00. The summed E-state index contributed by atoms with van der Waals surface area (Å²) in [4.78, 5) is 0. The van der Waals surface area contributed by atoms with Crippen LogP contribution in [0.15, 0.2) is 30.3 Å². The van der Waals surface area contributed by atoms with Crippen LogP contribution in [0.4, 0.5) is 0 Å². The van der Waals surface area contributed by atoms with Crippen molar-refractivity contribution in [3.63, 3.8) is 0 Å². The highest BCUT2D eigenvalue weighted by Gasteiger charge is 2.08. The lowest BCUT2D eigenvalue weighted by Gasteiger charge is -2.18. The highest BCUT2D eigenvalue weighted by Crippen LogP contribution is 2.04. The predicted molar refractivity (Wildman–Crippen MR) is 68.5 cm³/mol. The van der Waals surface area contributed by atoms with Crippen molar-refractivity contribution >= 4 is 0 Å². The van der Waals surface area contributed by atoms with Gasteiger partial charge in [-0.1, -0.05) is 50.6 Å². The van der Waals surface area contributed by atoms with Gasteiger partial charge in [-0.2, -0.15) is 0 Å². The molecule has 0 radical (unpaired) electrons. The van der Waals surface area contributed by atoms with Crippen molar-refractivity contribution in [3.05, 3.63) is 35.9 Å². The first-order valence-electron chi connectivity index (χ1n) is 6.14. The normalized spacial score (nSPS) is 14.7. The fraction of sp³-hybridized carbons (Fsp3) is 0.571. The summed E-state index contributed by atoms with van der Waals surface area (Å²) in [7, 11) is 0. The second-order valence-electron chi connectivity index (χ2n) is 4.49. The van der Waals surface area contributed by atoms with Crippen LogP contribution < -0.4 is 5.32 Å². The smallest absolute Gasteiger partial charge is 0.0587 e. The highest BCUT2D eigenvalue weighted by atomic mass is 16.3. The van der Waals surface area contributed by atoms with Crippen LogP contribution in [-0.2, 0) is 6.42 Å². The van der Waals surface area contributed by atoms with Crippen LogP contribution in [0.25, 0.3) is 0 Å². The maximum Gasteiger partial charge on any atom is 0.0587 e. The number of rotatable bonds is 7. The van der Waals surface area contributed by atoms with Gasteiger partial charge in [-0.15, -0.1) is 0 Å². The third kappa shape index (κ3) is 4.77. The Bertz CT molecular complexity index is 273. The Morgan fingerprint density at radius 1 is 1.25 bits per heavy atom. The molecule has 0 aliphatic carbocycles. The molecule has 90 valence electrons. The van der Waals surface area contributed by atoms with Crippen LogP contribution >= 0.6 is 0 Å². The van der Waals surface area contributed by atoms with Crippen LogP contribution in [0.3, 0.4) is 0 Å². The summed E-state index contributed by atoms with van der Waals surface area (Å²) >= 11 is 0. The van der Waals surface area contributed by atoms with E-state index in [9.17, 15) is 5.11 Å². The van der Waals surface area contributed by atoms with E-state index in [4.69, 9.17) is 0 Å². The van der Waals surface area contributed by atoms with Gasteiger partial charge >= 0.3 is 0 Å². The van der Waals surface area contributed by atoms with Crippen molar-refractivity contribution in [1.82, 2.24) is 5.32 Å². The molecule has 2 unspecified atom stereocenters. The Morgan fingerprint density at radius 2 is 1.94 bits per heavy atom. The van der Waals surface area contributed by atoms with Gasteiger partial charge in [0.1, 0.15) is 0 Å². The van der Waals surface area contributed by atoms with Crippen LogP contribution in [0.5, 0.6) is 0 Å². The van der Waals surface area contributed by atoms with Gasteiger partial charge in [0, 0.05) is 6.04 Å². The van der Waals surface area contributed by atoms with Gasteiger partial charge in [0.05, 0.1) is 6.61 Å². The maximum absolute atomic E-state index is 9.31. The SMILES string of the molecule is CCC(C)CNC(CO)Cc1ccccc1. The van der Waals surface area contributed by atoms with Gasteiger partial charge in [-0.3, -0.25) is 0 Å².